The lowest BCUT2D eigenvalue weighted by molar-refractivity contribution is 0.0589. The van der Waals surface area contributed by atoms with Crippen LogP contribution >= 0.6 is 43.5 Å². The molecule has 134 valence electrons. The fraction of sp³-hybridized carbons (Fsp3) is 0.200. The summed E-state index contributed by atoms with van der Waals surface area (Å²) >= 11 is 12.0. The maximum Gasteiger partial charge on any atom is 0.343 e. The van der Waals surface area contributed by atoms with Crippen LogP contribution in [0.3, 0.4) is 0 Å². The molecule has 7 nitrogen and oxygen atoms in total. The SMILES string of the molecule is COC(=O)c1cc(Br)cnc1Cl.COC(=O)c1cc(Br)cnc1OC. The number of methoxy groups -OCH3 is 3. The Morgan fingerprint density at radius 3 is 1.92 bits per heavy atom. The highest BCUT2D eigenvalue weighted by molar-refractivity contribution is 9.10. The van der Waals surface area contributed by atoms with E-state index in [1.54, 1.807) is 18.3 Å². The Balaban J connectivity index is 0.000000251. The molecule has 0 aliphatic heterocycles. The average molecular weight is 497 g/mol. The lowest BCUT2D eigenvalue weighted by atomic mass is 10.3. The third kappa shape index (κ3) is 6.26. The van der Waals surface area contributed by atoms with Crippen LogP contribution in [-0.4, -0.2) is 43.2 Å². The normalized spacial score (nSPS) is 9.52. The molecule has 0 radical (unpaired) electrons. The largest absolute Gasteiger partial charge is 0.480 e. The fourth-order valence-electron chi connectivity index (χ4n) is 1.52. The monoisotopic (exact) mass is 494 g/mol. The molecular formula is C15H13Br2ClN2O5. The second kappa shape index (κ2) is 10.3. The molecule has 10 heteroatoms. The van der Waals surface area contributed by atoms with Crippen LogP contribution in [0.25, 0.3) is 0 Å². The van der Waals surface area contributed by atoms with Crippen molar-refractivity contribution in [1.29, 1.82) is 0 Å². The van der Waals surface area contributed by atoms with Gasteiger partial charge in [0.25, 0.3) is 0 Å². The molecule has 0 unspecified atom stereocenters. The van der Waals surface area contributed by atoms with Gasteiger partial charge >= 0.3 is 11.9 Å². The van der Waals surface area contributed by atoms with Gasteiger partial charge in [0.2, 0.25) is 5.88 Å². The Hall–Kier alpha value is -1.71. The summed E-state index contributed by atoms with van der Waals surface area (Å²) in [4.78, 5) is 29.9. The molecule has 2 rings (SSSR count). The van der Waals surface area contributed by atoms with Crippen molar-refractivity contribution in [2.24, 2.45) is 0 Å². The minimum Gasteiger partial charge on any atom is -0.480 e. The first kappa shape index (κ1) is 21.3. The van der Waals surface area contributed by atoms with Gasteiger partial charge in [0, 0.05) is 21.3 Å². The number of carbonyl (C=O) groups excluding carboxylic acids is 2. The quantitative estimate of drug-likeness (QED) is 0.470. The maximum atomic E-state index is 11.2. The van der Waals surface area contributed by atoms with Crippen LogP contribution in [0.1, 0.15) is 20.7 Å². The van der Waals surface area contributed by atoms with Crippen molar-refractivity contribution in [2.75, 3.05) is 21.3 Å². The zero-order valence-electron chi connectivity index (χ0n) is 13.4. The van der Waals surface area contributed by atoms with E-state index in [9.17, 15) is 9.59 Å². The molecule has 0 fully saturated rings. The molecule has 2 aromatic rings. The number of aromatic nitrogens is 2. The van der Waals surface area contributed by atoms with Gasteiger partial charge < -0.3 is 14.2 Å². The number of halogens is 3. The van der Waals surface area contributed by atoms with E-state index in [0.717, 1.165) is 0 Å². The number of hydrogen-bond acceptors (Lipinski definition) is 7. The minimum absolute atomic E-state index is 0.144. The van der Waals surface area contributed by atoms with Gasteiger partial charge in [0.1, 0.15) is 10.7 Å². The van der Waals surface area contributed by atoms with Crippen LogP contribution in [0, 0.1) is 0 Å². The molecule has 0 spiro atoms. The number of ether oxygens (including phenoxy) is 3. The molecule has 0 saturated heterocycles. The molecule has 0 atom stereocenters. The first-order chi connectivity index (χ1) is 11.8. The van der Waals surface area contributed by atoms with Crippen LogP contribution in [0.2, 0.25) is 5.15 Å². The van der Waals surface area contributed by atoms with Crippen molar-refractivity contribution < 1.29 is 23.8 Å². The van der Waals surface area contributed by atoms with Crippen LogP contribution in [-0.2, 0) is 9.47 Å². The maximum absolute atomic E-state index is 11.2. The lowest BCUT2D eigenvalue weighted by Crippen LogP contribution is -2.05. The van der Waals surface area contributed by atoms with Gasteiger partial charge in [-0.3, -0.25) is 0 Å². The van der Waals surface area contributed by atoms with Crippen molar-refractivity contribution in [3.63, 3.8) is 0 Å². The Kier molecular flexibility index (Phi) is 8.81. The number of pyridine rings is 2. The van der Waals surface area contributed by atoms with E-state index in [-0.39, 0.29) is 16.6 Å². The van der Waals surface area contributed by atoms with Crippen LogP contribution in [0.4, 0.5) is 0 Å². The van der Waals surface area contributed by atoms with Crippen molar-refractivity contribution in [3.05, 3.63) is 49.8 Å². The van der Waals surface area contributed by atoms with Gasteiger partial charge in [-0.2, -0.15) is 0 Å². The summed E-state index contributed by atoms with van der Waals surface area (Å²) in [6.07, 6.45) is 3.06. The van der Waals surface area contributed by atoms with Gasteiger partial charge in [-0.05, 0) is 44.0 Å². The molecule has 25 heavy (non-hydrogen) atoms. The summed E-state index contributed by atoms with van der Waals surface area (Å²) in [6, 6.07) is 3.15. The summed E-state index contributed by atoms with van der Waals surface area (Å²) in [6.45, 7) is 0. The van der Waals surface area contributed by atoms with Crippen molar-refractivity contribution in [1.82, 2.24) is 9.97 Å². The topological polar surface area (TPSA) is 87.6 Å². The van der Waals surface area contributed by atoms with Crippen molar-refractivity contribution >= 4 is 55.4 Å². The Morgan fingerprint density at radius 1 is 0.920 bits per heavy atom. The van der Waals surface area contributed by atoms with Crippen LogP contribution < -0.4 is 4.74 Å². The predicted molar refractivity (Wildman–Crippen MR) is 98.1 cm³/mol. The average Bonchev–Trinajstić information content (AvgIpc) is 2.62. The zero-order chi connectivity index (χ0) is 19.0. The van der Waals surface area contributed by atoms with Gasteiger partial charge in [-0.15, -0.1) is 0 Å². The van der Waals surface area contributed by atoms with Gasteiger partial charge in [-0.1, -0.05) is 11.6 Å². The van der Waals surface area contributed by atoms with Gasteiger partial charge in [0.05, 0.1) is 26.9 Å². The second-order valence-electron chi connectivity index (χ2n) is 4.19. The smallest absolute Gasteiger partial charge is 0.343 e. The molecule has 2 heterocycles. The molecule has 0 N–H and O–H groups in total. The summed E-state index contributed by atoms with van der Waals surface area (Å²) in [5.74, 6) is -0.700. The first-order valence-corrected chi connectivity index (χ1v) is 8.47. The highest BCUT2D eigenvalue weighted by Gasteiger charge is 2.14. The second-order valence-corrected chi connectivity index (χ2v) is 6.37. The molecule has 0 aliphatic rings. The standard InChI is InChI=1S/C8H8BrNO3.C7H5BrClNO2/c1-12-7-6(8(11)13-2)3-5(9)4-10-7;1-12-7(11)5-2-4(8)3-10-6(5)9/h3-4H,1-2H3;2-3H,1H3. The van der Waals surface area contributed by atoms with Gasteiger partial charge in [0.15, 0.2) is 0 Å². The molecule has 0 saturated carbocycles. The minimum atomic E-state index is -0.492. The molecule has 0 bridgehead atoms. The van der Waals surface area contributed by atoms with Crippen molar-refractivity contribution in [3.8, 4) is 5.88 Å². The molecular weight excluding hydrogens is 483 g/mol. The van der Waals surface area contributed by atoms with E-state index in [1.165, 1.54) is 27.5 Å². The third-order valence-electron chi connectivity index (χ3n) is 2.63. The van der Waals surface area contributed by atoms with E-state index in [2.05, 4.69) is 51.3 Å². The van der Waals surface area contributed by atoms with E-state index < -0.39 is 11.9 Å². The highest BCUT2D eigenvalue weighted by Crippen LogP contribution is 2.20. The van der Waals surface area contributed by atoms with E-state index in [4.69, 9.17) is 16.3 Å². The molecule has 2 aromatic heterocycles. The lowest BCUT2D eigenvalue weighted by Gasteiger charge is -2.04. The van der Waals surface area contributed by atoms with Gasteiger partial charge in [-0.25, -0.2) is 19.6 Å². The number of hydrogen-bond donors (Lipinski definition) is 0. The number of nitrogens with zero attached hydrogens (tertiary/aromatic N) is 2. The molecule has 0 aromatic carbocycles. The zero-order valence-corrected chi connectivity index (χ0v) is 17.3. The fourth-order valence-corrected chi connectivity index (χ4v) is 2.36. The third-order valence-corrected chi connectivity index (χ3v) is 3.80. The van der Waals surface area contributed by atoms with Crippen molar-refractivity contribution in [2.45, 2.75) is 0 Å². The summed E-state index contributed by atoms with van der Waals surface area (Å²) in [5, 5.41) is 0.144. The van der Waals surface area contributed by atoms with E-state index in [0.29, 0.717) is 14.5 Å². The summed E-state index contributed by atoms with van der Waals surface area (Å²) in [7, 11) is 4.05. The van der Waals surface area contributed by atoms with E-state index >= 15 is 0 Å². The Labute approximate surface area is 165 Å². The summed E-state index contributed by atoms with van der Waals surface area (Å²) < 4.78 is 15.3. The Morgan fingerprint density at radius 2 is 1.40 bits per heavy atom. The van der Waals surface area contributed by atoms with Crippen LogP contribution in [0.15, 0.2) is 33.5 Å². The Bertz CT molecular complexity index is 774. The predicted octanol–water partition coefficient (Wildman–Crippen LogP) is 3.92. The van der Waals surface area contributed by atoms with Crippen LogP contribution in [0.5, 0.6) is 5.88 Å². The first-order valence-electron chi connectivity index (χ1n) is 6.51. The molecule has 0 aliphatic carbocycles. The number of carbonyl (C=O) groups is 2. The summed E-state index contributed by atoms with van der Waals surface area (Å²) in [5.41, 5.74) is 0.563. The molecule has 0 amide bonds. The highest BCUT2D eigenvalue weighted by atomic mass is 79.9. The number of esters is 2. The van der Waals surface area contributed by atoms with E-state index in [1.807, 2.05) is 0 Å². The number of rotatable bonds is 3.